The van der Waals surface area contributed by atoms with Gasteiger partial charge >= 0.3 is 0 Å². The van der Waals surface area contributed by atoms with Crippen molar-refractivity contribution in [3.8, 4) is 0 Å². The molecule has 6 nitrogen and oxygen atoms in total. The lowest BCUT2D eigenvalue weighted by Crippen LogP contribution is -3.00. The maximum atomic E-state index is 7.53. The molecule has 2 aromatic carbocycles. The number of fused-ring (bicyclic) bond motifs is 6. The monoisotopic (exact) mass is 712 g/mol. The van der Waals surface area contributed by atoms with E-state index in [2.05, 4.69) is 84.6 Å². The number of para-hydroxylation sites is 2. The van der Waals surface area contributed by atoms with Gasteiger partial charge in [-0.05, 0) is 47.2 Å². The molecule has 2 aliphatic carbocycles. The number of quaternary nitrogens is 2. The molecule has 9 aliphatic heterocycles. The Balaban J connectivity index is 0.00000150. The number of anilines is 2. The maximum absolute atomic E-state index is 7.53. The van der Waals surface area contributed by atoms with Crippen LogP contribution in [0.15, 0.2) is 71.8 Å². The van der Waals surface area contributed by atoms with Gasteiger partial charge in [0.1, 0.15) is 37.6 Å². The van der Waals surface area contributed by atoms with Gasteiger partial charge in [-0.15, -0.1) is 0 Å². The van der Waals surface area contributed by atoms with Gasteiger partial charge < -0.3 is 53.1 Å². The van der Waals surface area contributed by atoms with E-state index >= 15 is 0 Å². The van der Waals surface area contributed by atoms with Crippen LogP contribution in [-0.2, 0) is 20.3 Å². The third-order valence-corrected chi connectivity index (χ3v) is 17.3. The number of rotatable bonds is 0. The Morgan fingerprint density at radius 3 is 1.54 bits per heavy atom. The van der Waals surface area contributed by atoms with Crippen LogP contribution in [0.1, 0.15) is 49.7 Å². The molecule has 10 unspecified atom stereocenters. The fraction of sp³-hybridized carbons (Fsp3) is 0.619. The van der Waals surface area contributed by atoms with Crippen molar-refractivity contribution in [3.63, 3.8) is 0 Å². The second-order valence-corrected chi connectivity index (χ2v) is 18.6. The first-order chi connectivity index (χ1) is 23.5. The summed E-state index contributed by atoms with van der Waals surface area (Å²) in [4.78, 5) is 6.02. The van der Waals surface area contributed by atoms with E-state index in [1.807, 2.05) is 0 Å². The van der Waals surface area contributed by atoms with E-state index in [1.165, 1.54) is 72.2 Å². The molecule has 2 aromatic rings. The first kappa shape index (κ1) is 31.5. The van der Waals surface area contributed by atoms with Crippen molar-refractivity contribution in [1.82, 2.24) is 0 Å². The van der Waals surface area contributed by atoms with Crippen molar-refractivity contribution < 1.29 is 43.3 Å². The van der Waals surface area contributed by atoms with E-state index in [9.17, 15) is 0 Å². The molecule has 264 valence electrons. The SMILES string of the molecule is C[N@+]12CC[C@@]34c5ccccc5N5C6OCC/C=C7/C[N@+]8(C)CC[C@]9%10c%11ccccc%11N(C%11OCC/C=C(/C1)C(CC32)C%11C54)C9C6C7CC%108.[Cl-].[Cl-]. The number of hydrogen-bond donors (Lipinski definition) is 0. The summed E-state index contributed by atoms with van der Waals surface area (Å²) in [6.45, 7) is 6.68. The molecule has 0 aromatic heterocycles. The van der Waals surface area contributed by atoms with Crippen LogP contribution in [0.25, 0.3) is 0 Å². The minimum atomic E-state index is 0. The van der Waals surface area contributed by atoms with Crippen molar-refractivity contribution in [3.05, 3.63) is 83.0 Å². The van der Waals surface area contributed by atoms with Gasteiger partial charge in [-0.1, -0.05) is 48.6 Å². The zero-order chi connectivity index (χ0) is 31.4. The topological polar surface area (TPSA) is 24.9 Å². The van der Waals surface area contributed by atoms with Gasteiger partial charge in [0.15, 0.2) is 0 Å². The van der Waals surface area contributed by atoms with Crippen LogP contribution >= 0.6 is 0 Å². The van der Waals surface area contributed by atoms with E-state index in [1.54, 1.807) is 22.3 Å². The predicted octanol–water partition coefficient (Wildman–Crippen LogP) is -0.656. The summed E-state index contributed by atoms with van der Waals surface area (Å²) in [5.41, 5.74) is 10.1. The smallest absolute Gasteiger partial charge is 0.135 e. The molecule has 9 heterocycles. The standard InChI is InChI=1S/C42H50N4O2.2ClH/c1-45-17-15-41-29-11-3-5-13-31(29)43-37(41)35-27(21-33(41)45)25(23-45)9-7-19-47-39(35)44-32-14-6-4-12-30(32)42-16-18-46(2)24-26-10-8-20-48-40(43)36(38(42)44)28(26)22-34(42)46;;/h3-6,9-14,27-28,33-40H,7-8,15-24H2,1-2H3;2*1H/q+2;;/p-2/b25-9-,26-10-;;/t27?,28?,33?,34?,35?,36?,37?,38?,39?,40?,41-,42-,45+,46+;;/m1../s1. The van der Waals surface area contributed by atoms with Gasteiger partial charge in [0, 0.05) is 60.7 Å². The zero-order valence-electron chi connectivity index (χ0n) is 29.4. The van der Waals surface area contributed by atoms with Crippen molar-refractivity contribution in [1.29, 1.82) is 0 Å². The van der Waals surface area contributed by atoms with Crippen molar-refractivity contribution >= 4 is 11.4 Å². The van der Waals surface area contributed by atoms with Crippen LogP contribution in [0.5, 0.6) is 0 Å². The number of ether oxygens (including phenoxy) is 2. The first-order valence-corrected chi connectivity index (χ1v) is 19.5. The molecule has 8 heteroatoms. The van der Waals surface area contributed by atoms with Crippen LogP contribution in [0.4, 0.5) is 11.4 Å². The molecule has 2 saturated carbocycles. The lowest BCUT2D eigenvalue weighted by atomic mass is 9.52. The molecule has 0 radical (unpaired) electrons. The Labute approximate surface area is 309 Å². The molecular formula is C42H50Cl2N4O2. The van der Waals surface area contributed by atoms with Gasteiger partial charge in [0.25, 0.3) is 0 Å². The van der Waals surface area contributed by atoms with Crippen molar-refractivity contribution in [2.45, 2.75) is 86.0 Å². The van der Waals surface area contributed by atoms with Crippen molar-refractivity contribution in [2.75, 3.05) is 63.3 Å². The summed E-state index contributed by atoms with van der Waals surface area (Å²) < 4.78 is 17.5. The third-order valence-electron chi connectivity index (χ3n) is 17.3. The van der Waals surface area contributed by atoms with Gasteiger partial charge in [-0.25, -0.2) is 0 Å². The van der Waals surface area contributed by atoms with E-state index in [0.717, 1.165) is 26.1 Å². The van der Waals surface area contributed by atoms with Crippen molar-refractivity contribution in [2.24, 2.45) is 23.7 Å². The molecule has 2 spiro atoms. The van der Waals surface area contributed by atoms with Crippen LogP contribution in [-0.4, -0.2) is 99.1 Å². The number of piperidine rings is 2. The summed E-state index contributed by atoms with van der Waals surface area (Å²) in [7, 11) is 5.24. The van der Waals surface area contributed by atoms with Gasteiger partial charge in [0.05, 0.1) is 63.3 Å². The van der Waals surface area contributed by atoms with Gasteiger partial charge in [0.2, 0.25) is 0 Å². The minimum Gasteiger partial charge on any atom is -1.00 e. The minimum absolute atomic E-state index is 0. The largest absolute Gasteiger partial charge is 1.00 e. The number of nitrogens with zero attached hydrogens (tertiary/aromatic N) is 4. The Bertz CT molecular complexity index is 1750. The van der Waals surface area contributed by atoms with E-state index < -0.39 is 0 Å². The lowest BCUT2D eigenvalue weighted by Gasteiger charge is -2.66. The maximum Gasteiger partial charge on any atom is 0.135 e. The summed E-state index contributed by atoms with van der Waals surface area (Å²) in [5.74, 6) is 1.95. The molecule has 14 atom stereocenters. The van der Waals surface area contributed by atoms with E-state index in [0.29, 0.717) is 47.8 Å². The fourth-order valence-electron chi connectivity index (χ4n) is 16.1. The number of hydrogen-bond acceptors (Lipinski definition) is 4. The molecule has 11 aliphatic rings. The van der Waals surface area contributed by atoms with Crippen LogP contribution in [0.2, 0.25) is 0 Å². The average molecular weight is 714 g/mol. The second kappa shape index (κ2) is 9.92. The highest BCUT2D eigenvalue weighted by atomic mass is 35.5. The first-order valence-electron chi connectivity index (χ1n) is 19.5. The highest BCUT2D eigenvalue weighted by Gasteiger charge is 2.80. The van der Waals surface area contributed by atoms with E-state index in [-0.39, 0.29) is 48.1 Å². The Kier molecular flexibility index (Phi) is 6.24. The molecule has 7 fully saturated rings. The molecule has 4 bridgehead atoms. The molecular weight excluding hydrogens is 663 g/mol. The number of likely N-dealkylation sites (N-methyl/N-ethyl adjacent to an activating group) is 2. The molecule has 50 heavy (non-hydrogen) atoms. The summed E-state index contributed by atoms with van der Waals surface area (Å²) in [5, 5.41) is 0. The summed E-state index contributed by atoms with van der Waals surface area (Å²) in [6.07, 6.45) is 12.7. The Hall–Kier alpha value is -2.06. The van der Waals surface area contributed by atoms with Gasteiger partial charge in [-0.3, -0.25) is 0 Å². The van der Waals surface area contributed by atoms with Crippen LogP contribution in [0.3, 0.4) is 0 Å². The number of benzene rings is 2. The molecule has 13 rings (SSSR count). The summed E-state index contributed by atoms with van der Waals surface area (Å²) >= 11 is 0. The highest BCUT2D eigenvalue weighted by molar-refractivity contribution is 5.71. The third kappa shape index (κ3) is 3.21. The predicted molar refractivity (Wildman–Crippen MR) is 185 cm³/mol. The fourth-order valence-corrected chi connectivity index (χ4v) is 16.1. The van der Waals surface area contributed by atoms with Gasteiger partial charge in [-0.2, -0.15) is 0 Å². The second-order valence-electron chi connectivity index (χ2n) is 18.6. The summed E-state index contributed by atoms with van der Waals surface area (Å²) in [6, 6.07) is 21.6. The molecule has 0 N–H and O–H groups in total. The Morgan fingerprint density at radius 1 is 0.640 bits per heavy atom. The van der Waals surface area contributed by atoms with E-state index in [4.69, 9.17) is 9.47 Å². The lowest BCUT2D eigenvalue weighted by molar-refractivity contribution is -0.925. The average Bonchev–Trinajstić information content (AvgIpc) is 3.77. The highest BCUT2D eigenvalue weighted by Crippen LogP contribution is 2.72. The quantitative estimate of drug-likeness (QED) is 0.268. The van der Waals surface area contributed by atoms with Crippen LogP contribution < -0.4 is 34.6 Å². The van der Waals surface area contributed by atoms with Crippen LogP contribution in [0, 0.1) is 23.7 Å². The number of halogens is 2. The molecule has 5 saturated heterocycles. The Morgan fingerprint density at radius 2 is 1.08 bits per heavy atom. The zero-order valence-corrected chi connectivity index (χ0v) is 30.9. The molecule has 0 amide bonds. The normalized spacial score (nSPS) is 52.1.